The highest BCUT2D eigenvalue weighted by molar-refractivity contribution is 5.45. The van der Waals surface area contributed by atoms with Crippen LogP contribution in [0, 0.1) is 0 Å². The zero-order chi connectivity index (χ0) is 9.10. The molecule has 13 heavy (non-hydrogen) atoms. The van der Waals surface area contributed by atoms with Gasteiger partial charge >= 0.3 is 0 Å². The van der Waals surface area contributed by atoms with Crippen LogP contribution in [-0.2, 0) is 4.74 Å². The second-order valence-corrected chi connectivity index (χ2v) is 3.04. The quantitative estimate of drug-likeness (QED) is 0.711. The number of ether oxygens (including phenoxy) is 2. The van der Waals surface area contributed by atoms with E-state index in [1.54, 1.807) is 0 Å². The lowest BCUT2D eigenvalue weighted by molar-refractivity contribution is 0.263. The molecule has 0 unspecified atom stereocenters. The van der Waals surface area contributed by atoms with E-state index in [9.17, 15) is 0 Å². The number of nitrogens with one attached hydrogen (secondary N) is 1. The van der Waals surface area contributed by atoms with E-state index in [2.05, 4.69) is 5.32 Å². The molecule has 1 aromatic rings. The third-order valence-corrected chi connectivity index (χ3v) is 1.98. The minimum absolute atomic E-state index is 0.323. The summed E-state index contributed by atoms with van der Waals surface area (Å²) in [5, 5.41) is 3.05. The second kappa shape index (κ2) is 3.66. The van der Waals surface area contributed by atoms with Gasteiger partial charge in [0.25, 0.3) is 0 Å². The first-order valence-electron chi connectivity index (χ1n) is 4.41. The van der Waals surface area contributed by atoms with E-state index in [0.29, 0.717) is 12.7 Å². The van der Waals surface area contributed by atoms with Crippen molar-refractivity contribution in [3.63, 3.8) is 0 Å². The molecule has 0 amide bonds. The van der Waals surface area contributed by atoms with Gasteiger partial charge in [0.15, 0.2) is 0 Å². The average Bonchev–Trinajstić information content (AvgIpc) is 2.99. The standard InChI is InChI=1S/C10H13NO2/c1-11-8-2-4-9(5-3-8)12-6-10-7-13-10/h2-5,10-11H,6-7H2,1H3/t10-/m1/s1. The van der Waals surface area contributed by atoms with E-state index in [-0.39, 0.29) is 0 Å². The van der Waals surface area contributed by atoms with Crippen LogP contribution in [0.1, 0.15) is 0 Å². The summed E-state index contributed by atoms with van der Waals surface area (Å²) >= 11 is 0. The molecule has 0 bridgehead atoms. The van der Waals surface area contributed by atoms with Crippen molar-refractivity contribution in [1.82, 2.24) is 0 Å². The Bertz CT molecular complexity index is 267. The molecule has 1 heterocycles. The van der Waals surface area contributed by atoms with E-state index >= 15 is 0 Å². The Balaban J connectivity index is 1.88. The number of benzene rings is 1. The first-order valence-corrected chi connectivity index (χ1v) is 4.41. The van der Waals surface area contributed by atoms with Gasteiger partial charge in [0, 0.05) is 12.7 Å². The zero-order valence-corrected chi connectivity index (χ0v) is 7.62. The van der Waals surface area contributed by atoms with Gasteiger partial charge < -0.3 is 14.8 Å². The smallest absolute Gasteiger partial charge is 0.119 e. The number of anilines is 1. The maximum absolute atomic E-state index is 5.48. The van der Waals surface area contributed by atoms with Crippen molar-refractivity contribution >= 4 is 5.69 Å². The van der Waals surface area contributed by atoms with E-state index < -0.39 is 0 Å². The fourth-order valence-corrected chi connectivity index (χ4v) is 1.07. The third-order valence-electron chi connectivity index (χ3n) is 1.98. The van der Waals surface area contributed by atoms with Crippen molar-refractivity contribution in [1.29, 1.82) is 0 Å². The van der Waals surface area contributed by atoms with Crippen molar-refractivity contribution in [3.8, 4) is 5.75 Å². The molecular formula is C10H13NO2. The second-order valence-electron chi connectivity index (χ2n) is 3.04. The van der Waals surface area contributed by atoms with Crippen LogP contribution in [0.3, 0.4) is 0 Å². The van der Waals surface area contributed by atoms with Gasteiger partial charge in [0.05, 0.1) is 6.61 Å². The maximum Gasteiger partial charge on any atom is 0.119 e. The molecule has 0 spiro atoms. The summed E-state index contributed by atoms with van der Waals surface area (Å²) < 4.78 is 10.5. The Hall–Kier alpha value is -1.22. The molecule has 2 rings (SSSR count). The molecule has 3 heteroatoms. The summed E-state index contributed by atoms with van der Waals surface area (Å²) in [5.74, 6) is 0.898. The molecule has 1 fully saturated rings. The Morgan fingerprint density at radius 1 is 1.46 bits per heavy atom. The van der Waals surface area contributed by atoms with Crippen molar-refractivity contribution in [2.75, 3.05) is 25.6 Å². The van der Waals surface area contributed by atoms with Crippen LogP contribution < -0.4 is 10.1 Å². The average molecular weight is 179 g/mol. The Morgan fingerprint density at radius 3 is 2.69 bits per heavy atom. The lowest BCUT2D eigenvalue weighted by atomic mass is 10.3. The van der Waals surface area contributed by atoms with E-state index in [4.69, 9.17) is 9.47 Å². The van der Waals surface area contributed by atoms with Gasteiger partial charge in [0.2, 0.25) is 0 Å². The van der Waals surface area contributed by atoms with Crippen LogP contribution in [0.5, 0.6) is 5.75 Å². The van der Waals surface area contributed by atoms with Crippen molar-refractivity contribution in [2.24, 2.45) is 0 Å². The first-order chi connectivity index (χ1) is 6.38. The van der Waals surface area contributed by atoms with Gasteiger partial charge in [-0.3, -0.25) is 0 Å². The number of hydrogen-bond donors (Lipinski definition) is 1. The lowest BCUT2D eigenvalue weighted by Crippen LogP contribution is -2.03. The van der Waals surface area contributed by atoms with Crippen LogP contribution in [0.2, 0.25) is 0 Å². The van der Waals surface area contributed by atoms with Gasteiger partial charge in [0.1, 0.15) is 18.5 Å². The SMILES string of the molecule is CNc1ccc(OC[C@@H]2CO2)cc1. The molecule has 3 nitrogen and oxygen atoms in total. The Labute approximate surface area is 77.7 Å². The monoisotopic (exact) mass is 179 g/mol. The van der Waals surface area contributed by atoms with E-state index in [0.717, 1.165) is 18.0 Å². The summed E-state index contributed by atoms with van der Waals surface area (Å²) in [4.78, 5) is 0. The van der Waals surface area contributed by atoms with Crippen molar-refractivity contribution < 1.29 is 9.47 Å². The molecule has 0 saturated carbocycles. The predicted molar refractivity (Wildman–Crippen MR) is 51.2 cm³/mol. The maximum atomic E-state index is 5.48. The topological polar surface area (TPSA) is 33.8 Å². The first kappa shape index (κ1) is 8.38. The highest BCUT2D eigenvalue weighted by Gasteiger charge is 2.22. The highest BCUT2D eigenvalue weighted by Crippen LogP contribution is 2.17. The minimum atomic E-state index is 0.323. The molecule has 0 aliphatic carbocycles. The molecule has 1 atom stereocenters. The fraction of sp³-hybridized carbons (Fsp3) is 0.400. The summed E-state index contributed by atoms with van der Waals surface area (Å²) in [5.41, 5.74) is 1.09. The summed E-state index contributed by atoms with van der Waals surface area (Å²) in [6, 6.07) is 7.88. The van der Waals surface area contributed by atoms with Crippen LogP contribution in [-0.4, -0.2) is 26.4 Å². The molecule has 1 aromatic carbocycles. The van der Waals surface area contributed by atoms with Gasteiger partial charge in [-0.2, -0.15) is 0 Å². The zero-order valence-electron chi connectivity index (χ0n) is 7.62. The summed E-state index contributed by atoms with van der Waals surface area (Å²) in [6.07, 6.45) is 0.323. The Kier molecular flexibility index (Phi) is 2.36. The van der Waals surface area contributed by atoms with Crippen molar-refractivity contribution in [2.45, 2.75) is 6.10 Å². The molecule has 1 aliphatic rings. The molecule has 0 radical (unpaired) electrons. The number of rotatable bonds is 4. The van der Waals surface area contributed by atoms with Crippen LogP contribution in [0.4, 0.5) is 5.69 Å². The van der Waals surface area contributed by atoms with Crippen LogP contribution in [0.25, 0.3) is 0 Å². The van der Waals surface area contributed by atoms with E-state index in [1.165, 1.54) is 0 Å². The number of hydrogen-bond acceptors (Lipinski definition) is 3. The highest BCUT2D eigenvalue weighted by atomic mass is 16.6. The molecule has 70 valence electrons. The minimum Gasteiger partial charge on any atom is -0.491 e. The van der Waals surface area contributed by atoms with Gasteiger partial charge in [-0.25, -0.2) is 0 Å². The van der Waals surface area contributed by atoms with E-state index in [1.807, 2.05) is 31.3 Å². The fourth-order valence-electron chi connectivity index (χ4n) is 1.07. The molecule has 1 N–H and O–H groups in total. The molecular weight excluding hydrogens is 166 g/mol. The third kappa shape index (κ3) is 2.36. The van der Waals surface area contributed by atoms with Gasteiger partial charge in [-0.05, 0) is 24.3 Å². The van der Waals surface area contributed by atoms with Crippen LogP contribution in [0.15, 0.2) is 24.3 Å². The predicted octanol–water partition coefficient (Wildman–Crippen LogP) is 1.51. The molecule has 1 aliphatic heterocycles. The number of epoxide rings is 1. The Morgan fingerprint density at radius 2 is 2.15 bits per heavy atom. The normalized spacial score (nSPS) is 19.6. The molecule has 0 aromatic heterocycles. The lowest BCUT2D eigenvalue weighted by Gasteiger charge is -2.04. The van der Waals surface area contributed by atoms with Gasteiger partial charge in [-0.15, -0.1) is 0 Å². The van der Waals surface area contributed by atoms with Crippen LogP contribution >= 0.6 is 0 Å². The van der Waals surface area contributed by atoms with Gasteiger partial charge in [-0.1, -0.05) is 0 Å². The van der Waals surface area contributed by atoms with Crippen molar-refractivity contribution in [3.05, 3.63) is 24.3 Å². The summed E-state index contributed by atoms with van der Waals surface area (Å²) in [6.45, 7) is 1.51. The summed E-state index contributed by atoms with van der Waals surface area (Å²) in [7, 11) is 1.90. The molecule has 1 saturated heterocycles. The largest absolute Gasteiger partial charge is 0.491 e.